The lowest BCUT2D eigenvalue weighted by molar-refractivity contribution is -0.896. The fraction of sp³-hybridized carbons (Fsp3) is 0.632. The van der Waals surface area contributed by atoms with Gasteiger partial charge in [-0.15, -0.1) is 0 Å². The highest BCUT2D eigenvalue weighted by atomic mass is 16.5. The van der Waals surface area contributed by atoms with Crippen molar-refractivity contribution in [3.8, 4) is 0 Å². The van der Waals surface area contributed by atoms with Crippen LogP contribution < -0.4 is 0 Å². The molecule has 1 aromatic carbocycles. The molecule has 0 bridgehead atoms. The summed E-state index contributed by atoms with van der Waals surface area (Å²) in [5.74, 6) is 0.427. The fourth-order valence-corrected chi connectivity index (χ4v) is 3.60. The molecule has 0 amide bonds. The van der Waals surface area contributed by atoms with Crippen molar-refractivity contribution in [3.05, 3.63) is 35.9 Å². The minimum atomic E-state index is -0.469. The maximum absolute atomic E-state index is 12.9. The molecular weight excluding hydrogens is 274 g/mol. The van der Waals surface area contributed by atoms with Crippen molar-refractivity contribution in [2.45, 2.75) is 44.1 Å². The van der Waals surface area contributed by atoms with E-state index in [1.165, 1.54) is 0 Å². The van der Waals surface area contributed by atoms with E-state index in [1.807, 2.05) is 18.2 Å². The van der Waals surface area contributed by atoms with Crippen molar-refractivity contribution in [2.75, 3.05) is 27.2 Å². The normalized spacial score (nSPS) is 24.5. The summed E-state index contributed by atoms with van der Waals surface area (Å²) in [6.07, 6.45) is 4.33. The minimum absolute atomic E-state index is 0.0154. The maximum atomic E-state index is 12.9. The summed E-state index contributed by atoms with van der Waals surface area (Å²) in [7, 11) is 4.49. The first kappa shape index (κ1) is 15.5. The molecule has 0 spiro atoms. The molecule has 0 aromatic heterocycles. The van der Waals surface area contributed by atoms with Crippen LogP contribution in [0.4, 0.5) is 0 Å². The van der Waals surface area contributed by atoms with Crippen LogP contribution in [0.2, 0.25) is 0 Å². The summed E-state index contributed by atoms with van der Waals surface area (Å²) in [6, 6.07) is 10.2. The van der Waals surface area contributed by atoms with Gasteiger partial charge in [-0.1, -0.05) is 30.3 Å². The fourth-order valence-electron chi connectivity index (χ4n) is 3.60. The Morgan fingerprint density at radius 1 is 1.09 bits per heavy atom. The monoisotopic (exact) mass is 302 g/mol. The third-order valence-electron chi connectivity index (χ3n) is 5.58. The number of likely N-dealkylation sites (tertiary alicyclic amines) is 1. The van der Waals surface area contributed by atoms with Crippen LogP contribution in [-0.4, -0.2) is 43.7 Å². The van der Waals surface area contributed by atoms with E-state index in [-0.39, 0.29) is 12.1 Å². The lowest BCUT2D eigenvalue weighted by Crippen LogP contribution is -2.49. The Balaban J connectivity index is 1.72. The summed E-state index contributed by atoms with van der Waals surface area (Å²) < 4.78 is 6.99. The molecule has 2 fully saturated rings. The number of nitrogens with zero attached hydrogens (tertiary/aromatic N) is 1. The smallest absolute Gasteiger partial charge is 0.316 e. The molecule has 1 saturated carbocycles. The quantitative estimate of drug-likeness (QED) is 0.631. The molecular formula is C19H28NO2+. The zero-order valence-corrected chi connectivity index (χ0v) is 14.0. The Morgan fingerprint density at radius 2 is 1.68 bits per heavy atom. The minimum Gasteiger partial charge on any atom is -0.461 e. The van der Waals surface area contributed by atoms with Crippen molar-refractivity contribution in [2.24, 2.45) is 5.92 Å². The second kappa shape index (κ2) is 5.69. The average Bonchev–Trinajstić information content (AvgIpc) is 3.34. The van der Waals surface area contributed by atoms with E-state index in [4.69, 9.17) is 4.74 Å². The number of esters is 1. The molecule has 22 heavy (non-hydrogen) atoms. The van der Waals surface area contributed by atoms with E-state index >= 15 is 0 Å². The van der Waals surface area contributed by atoms with Crippen LogP contribution in [0.25, 0.3) is 0 Å². The lowest BCUT2D eigenvalue weighted by atomic mass is 9.78. The molecule has 1 saturated heterocycles. The highest BCUT2D eigenvalue weighted by Gasteiger charge is 2.50. The zero-order chi connectivity index (χ0) is 15.8. The van der Waals surface area contributed by atoms with Gasteiger partial charge >= 0.3 is 5.97 Å². The van der Waals surface area contributed by atoms with Crippen LogP contribution in [0.3, 0.4) is 0 Å². The summed E-state index contributed by atoms with van der Waals surface area (Å²) in [5, 5.41) is 0. The molecule has 1 aliphatic heterocycles. The van der Waals surface area contributed by atoms with Crippen LogP contribution in [0, 0.1) is 5.92 Å². The van der Waals surface area contributed by atoms with E-state index < -0.39 is 5.41 Å². The Kier molecular flexibility index (Phi) is 4.02. The summed E-state index contributed by atoms with van der Waals surface area (Å²) in [6.45, 7) is 4.25. The second-order valence-corrected chi connectivity index (χ2v) is 7.83. The largest absolute Gasteiger partial charge is 0.461 e. The number of piperidine rings is 1. The van der Waals surface area contributed by atoms with Crippen LogP contribution in [0.5, 0.6) is 0 Å². The van der Waals surface area contributed by atoms with Crippen molar-refractivity contribution in [1.29, 1.82) is 0 Å². The zero-order valence-electron chi connectivity index (χ0n) is 14.0. The molecule has 3 rings (SSSR count). The molecule has 2 aliphatic rings. The van der Waals surface area contributed by atoms with Gasteiger partial charge in [-0.3, -0.25) is 4.79 Å². The number of rotatable bonds is 4. The molecule has 1 aromatic rings. The van der Waals surface area contributed by atoms with Crippen molar-refractivity contribution < 1.29 is 14.0 Å². The Bertz CT molecular complexity index is 526. The topological polar surface area (TPSA) is 26.3 Å². The van der Waals surface area contributed by atoms with Gasteiger partial charge in [0.15, 0.2) is 0 Å². The van der Waals surface area contributed by atoms with E-state index in [0.717, 1.165) is 48.8 Å². The Labute approximate surface area is 133 Å². The number of ether oxygens (including phenoxy) is 1. The van der Waals surface area contributed by atoms with Gasteiger partial charge in [0, 0.05) is 12.8 Å². The predicted molar refractivity (Wildman–Crippen MR) is 87.5 cm³/mol. The van der Waals surface area contributed by atoms with E-state index in [9.17, 15) is 4.79 Å². The molecule has 3 nitrogen and oxygen atoms in total. The highest BCUT2D eigenvalue weighted by molar-refractivity contribution is 5.83. The van der Waals surface area contributed by atoms with E-state index in [1.54, 1.807) is 0 Å². The van der Waals surface area contributed by atoms with Crippen LogP contribution >= 0.6 is 0 Å². The number of carbonyl (C=O) groups is 1. The van der Waals surface area contributed by atoms with Crippen molar-refractivity contribution in [3.63, 3.8) is 0 Å². The summed E-state index contributed by atoms with van der Waals surface area (Å²) in [4.78, 5) is 12.9. The third-order valence-corrected chi connectivity index (χ3v) is 5.58. The van der Waals surface area contributed by atoms with Gasteiger partial charge in [0.2, 0.25) is 0 Å². The first-order valence-corrected chi connectivity index (χ1v) is 8.50. The Morgan fingerprint density at radius 3 is 2.23 bits per heavy atom. The predicted octanol–water partition coefficient (Wildman–Crippen LogP) is 3.14. The highest BCUT2D eigenvalue weighted by Crippen LogP contribution is 2.48. The molecule has 1 unspecified atom stereocenters. The van der Waals surface area contributed by atoms with E-state index in [0.29, 0.717) is 5.92 Å². The number of benzene rings is 1. The van der Waals surface area contributed by atoms with Gasteiger partial charge in [-0.05, 0) is 31.2 Å². The molecule has 1 aliphatic carbocycles. The van der Waals surface area contributed by atoms with Crippen LogP contribution in [0.1, 0.15) is 38.2 Å². The first-order valence-electron chi connectivity index (χ1n) is 8.50. The molecule has 3 heteroatoms. The standard InChI is InChI=1S/C19H28NO2/c1-19(16-9-10-16,15-7-5-4-6-8-15)18(21)22-17-11-13-20(2,3)14-12-17/h4-8,16-17H,9-14H2,1-3H3/q+1. The van der Waals surface area contributed by atoms with Gasteiger partial charge in [-0.2, -0.15) is 0 Å². The second-order valence-electron chi connectivity index (χ2n) is 7.83. The van der Waals surface area contributed by atoms with Gasteiger partial charge in [0.25, 0.3) is 0 Å². The number of carbonyl (C=O) groups excluding carboxylic acids is 1. The molecule has 0 N–H and O–H groups in total. The van der Waals surface area contributed by atoms with Gasteiger partial charge < -0.3 is 9.22 Å². The van der Waals surface area contributed by atoms with Crippen molar-refractivity contribution >= 4 is 5.97 Å². The van der Waals surface area contributed by atoms with Gasteiger partial charge in [0.1, 0.15) is 6.10 Å². The maximum Gasteiger partial charge on any atom is 0.316 e. The van der Waals surface area contributed by atoms with E-state index in [2.05, 4.69) is 33.2 Å². The molecule has 1 heterocycles. The summed E-state index contributed by atoms with van der Waals surface area (Å²) in [5.41, 5.74) is 0.637. The van der Waals surface area contributed by atoms with Gasteiger partial charge in [-0.25, -0.2) is 0 Å². The van der Waals surface area contributed by atoms with Gasteiger partial charge in [0.05, 0.1) is 32.6 Å². The lowest BCUT2D eigenvalue weighted by Gasteiger charge is -2.38. The number of hydrogen-bond acceptors (Lipinski definition) is 2. The van der Waals surface area contributed by atoms with Crippen LogP contribution in [-0.2, 0) is 14.9 Å². The number of quaternary nitrogens is 1. The third kappa shape index (κ3) is 3.05. The first-order chi connectivity index (χ1) is 10.4. The molecule has 1 atom stereocenters. The Hall–Kier alpha value is -1.35. The van der Waals surface area contributed by atoms with Crippen molar-refractivity contribution in [1.82, 2.24) is 0 Å². The SMILES string of the molecule is CC(C(=O)OC1CC[N+](C)(C)CC1)(c1ccccc1)C1CC1. The molecule has 0 radical (unpaired) electrons. The average molecular weight is 302 g/mol. The van der Waals surface area contributed by atoms with Crippen LogP contribution in [0.15, 0.2) is 30.3 Å². The summed E-state index contributed by atoms with van der Waals surface area (Å²) >= 11 is 0. The molecule has 120 valence electrons. The number of hydrogen-bond donors (Lipinski definition) is 0.